The van der Waals surface area contributed by atoms with Crippen LogP contribution in [0.1, 0.15) is 15.9 Å². The lowest BCUT2D eigenvalue weighted by Gasteiger charge is -2.04. The zero-order valence-corrected chi connectivity index (χ0v) is 7.60. The van der Waals surface area contributed by atoms with E-state index < -0.39 is 5.97 Å². The Labute approximate surface area is 81.8 Å². The van der Waals surface area contributed by atoms with Crippen molar-refractivity contribution in [3.05, 3.63) is 41.6 Å². The van der Waals surface area contributed by atoms with Crippen LogP contribution >= 0.6 is 0 Å². The first-order valence-corrected chi connectivity index (χ1v) is 4.13. The van der Waals surface area contributed by atoms with Gasteiger partial charge in [-0.3, -0.25) is 0 Å². The Morgan fingerprint density at radius 2 is 2.21 bits per heavy atom. The fraction of sp³-hybridized carbons (Fsp3) is 0.100. The standard InChI is InChI=1S/C10H12N2O2/c11-5-1-2-7-3-4-8(12)6-9(7)10(13)14/h1,3-6H,2,11-12H2,(H,13,14). The van der Waals surface area contributed by atoms with Crippen molar-refractivity contribution in [1.29, 1.82) is 0 Å². The maximum atomic E-state index is 10.8. The molecular weight excluding hydrogens is 180 g/mol. The highest BCUT2D eigenvalue weighted by Gasteiger charge is 2.08. The van der Waals surface area contributed by atoms with E-state index in [1.807, 2.05) is 0 Å². The maximum absolute atomic E-state index is 10.8. The Morgan fingerprint density at radius 3 is 2.79 bits per heavy atom. The second kappa shape index (κ2) is 4.32. The minimum Gasteiger partial charge on any atom is -0.478 e. The number of carbonyl (C=O) groups is 1. The first-order valence-electron chi connectivity index (χ1n) is 4.13. The molecule has 0 saturated heterocycles. The molecule has 0 aliphatic rings. The number of hydrogen-bond donors (Lipinski definition) is 3. The third kappa shape index (κ3) is 2.26. The highest BCUT2D eigenvalue weighted by molar-refractivity contribution is 5.90. The van der Waals surface area contributed by atoms with Crippen LogP contribution in [0.2, 0.25) is 0 Å². The lowest BCUT2D eigenvalue weighted by Crippen LogP contribution is -2.03. The molecule has 0 spiro atoms. The number of aromatic carboxylic acids is 1. The summed E-state index contributed by atoms with van der Waals surface area (Å²) < 4.78 is 0. The molecule has 0 saturated carbocycles. The molecule has 1 aromatic rings. The van der Waals surface area contributed by atoms with Gasteiger partial charge in [0.1, 0.15) is 0 Å². The zero-order chi connectivity index (χ0) is 10.6. The summed E-state index contributed by atoms with van der Waals surface area (Å²) in [7, 11) is 0. The summed E-state index contributed by atoms with van der Waals surface area (Å²) >= 11 is 0. The van der Waals surface area contributed by atoms with Crippen LogP contribution in [-0.4, -0.2) is 11.1 Å². The number of allylic oxidation sites excluding steroid dienone is 1. The van der Waals surface area contributed by atoms with Gasteiger partial charge in [-0.15, -0.1) is 0 Å². The predicted molar refractivity (Wildman–Crippen MR) is 54.8 cm³/mol. The van der Waals surface area contributed by atoms with Gasteiger partial charge in [0, 0.05) is 5.69 Å². The number of nitrogens with two attached hydrogens (primary N) is 2. The fourth-order valence-corrected chi connectivity index (χ4v) is 1.17. The number of anilines is 1. The molecule has 4 heteroatoms. The van der Waals surface area contributed by atoms with E-state index in [-0.39, 0.29) is 5.56 Å². The number of nitrogen functional groups attached to an aromatic ring is 1. The Balaban J connectivity index is 3.08. The van der Waals surface area contributed by atoms with E-state index in [0.717, 1.165) is 0 Å². The van der Waals surface area contributed by atoms with Gasteiger partial charge in [-0.25, -0.2) is 4.79 Å². The van der Waals surface area contributed by atoms with Crippen LogP contribution in [0, 0.1) is 0 Å². The molecular formula is C10H12N2O2. The lowest BCUT2D eigenvalue weighted by molar-refractivity contribution is 0.0696. The molecule has 1 aromatic carbocycles. The van der Waals surface area contributed by atoms with Crippen LogP contribution in [0.5, 0.6) is 0 Å². The van der Waals surface area contributed by atoms with E-state index in [2.05, 4.69) is 0 Å². The average Bonchev–Trinajstić information content (AvgIpc) is 2.15. The van der Waals surface area contributed by atoms with Gasteiger partial charge in [-0.1, -0.05) is 12.1 Å². The van der Waals surface area contributed by atoms with E-state index >= 15 is 0 Å². The van der Waals surface area contributed by atoms with Crippen LogP contribution in [0.25, 0.3) is 0 Å². The molecule has 5 N–H and O–H groups in total. The van der Waals surface area contributed by atoms with Gasteiger partial charge in [0.2, 0.25) is 0 Å². The summed E-state index contributed by atoms with van der Waals surface area (Å²) in [6.45, 7) is 0. The molecule has 0 aromatic heterocycles. The van der Waals surface area contributed by atoms with Gasteiger partial charge in [0.25, 0.3) is 0 Å². The molecule has 0 amide bonds. The normalized spacial score (nSPS) is 10.6. The fourth-order valence-electron chi connectivity index (χ4n) is 1.17. The van der Waals surface area contributed by atoms with E-state index in [0.29, 0.717) is 17.7 Å². The van der Waals surface area contributed by atoms with Crippen molar-refractivity contribution in [3.63, 3.8) is 0 Å². The molecule has 0 radical (unpaired) electrons. The van der Waals surface area contributed by atoms with Gasteiger partial charge in [0.05, 0.1) is 5.56 Å². The van der Waals surface area contributed by atoms with Crippen molar-refractivity contribution in [2.24, 2.45) is 5.73 Å². The largest absolute Gasteiger partial charge is 0.478 e. The Morgan fingerprint density at radius 1 is 1.50 bits per heavy atom. The molecule has 1 rings (SSSR count). The van der Waals surface area contributed by atoms with Crippen molar-refractivity contribution in [1.82, 2.24) is 0 Å². The molecule has 4 nitrogen and oxygen atoms in total. The van der Waals surface area contributed by atoms with Crippen LogP contribution in [0.3, 0.4) is 0 Å². The predicted octanol–water partition coefficient (Wildman–Crippen LogP) is 0.982. The highest BCUT2D eigenvalue weighted by atomic mass is 16.4. The quantitative estimate of drug-likeness (QED) is 0.623. The van der Waals surface area contributed by atoms with E-state index in [1.54, 1.807) is 18.2 Å². The van der Waals surface area contributed by atoms with Crippen LogP contribution in [0.15, 0.2) is 30.5 Å². The number of rotatable bonds is 3. The summed E-state index contributed by atoms with van der Waals surface area (Å²) in [6, 6.07) is 4.81. The van der Waals surface area contributed by atoms with Crippen molar-refractivity contribution in [2.45, 2.75) is 6.42 Å². The number of carboxylic acids is 1. The van der Waals surface area contributed by atoms with Crippen molar-refractivity contribution >= 4 is 11.7 Å². The number of benzene rings is 1. The third-order valence-electron chi connectivity index (χ3n) is 1.84. The van der Waals surface area contributed by atoms with Crippen molar-refractivity contribution < 1.29 is 9.90 Å². The summed E-state index contributed by atoms with van der Waals surface area (Å²) in [4.78, 5) is 10.8. The number of hydrogen-bond acceptors (Lipinski definition) is 3. The smallest absolute Gasteiger partial charge is 0.336 e. The molecule has 0 bridgehead atoms. The average molecular weight is 192 g/mol. The Hall–Kier alpha value is -1.97. The molecule has 0 unspecified atom stereocenters. The molecule has 14 heavy (non-hydrogen) atoms. The second-order valence-electron chi connectivity index (χ2n) is 2.85. The van der Waals surface area contributed by atoms with E-state index in [4.69, 9.17) is 16.6 Å². The minimum atomic E-state index is -0.974. The Kier molecular flexibility index (Phi) is 3.12. The molecule has 0 heterocycles. The maximum Gasteiger partial charge on any atom is 0.336 e. The SMILES string of the molecule is NC=CCc1ccc(N)cc1C(=O)O. The van der Waals surface area contributed by atoms with E-state index in [1.165, 1.54) is 12.3 Å². The topological polar surface area (TPSA) is 89.3 Å². The Bertz CT molecular complexity index is 372. The second-order valence-corrected chi connectivity index (χ2v) is 2.85. The first kappa shape index (κ1) is 10.1. The summed E-state index contributed by atoms with van der Waals surface area (Å²) in [5.41, 5.74) is 12.0. The molecule has 74 valence electrons. The van der Waals surface area contributed by atoms with Crippen LogP contribution in [-0.2, 0) is 6.42 Å². The van der Waals surface area contributed by atoms with Gasteiger partial charge >= 0.3 is 5.97 Å². The molecule has 0 atom stereocenters. The van der Waals surface area contributed by atoms with Gasteiger partial charge in [0.15, 0.2) is 0 Å². The van der Waals surface area contributed by atoms with Crippen molar-refractivity contribution in [2.75, 3.05) is 5.73 Å². The summed E-state index contributed by atoms with van der Waals surface area (Å²) in [5, 5.41) is 8.88. The van der Waals surface area contributed by atoms with Gasteiger partial charge < -0.3 is 16.6 Å². The van der Waals surface area contributed by atoms with Gasteiger partial charge in [-0.2, -0.15) is 0 Å². The van der Waals surface area contributed by atoms with Crippen LogP contribution < -0.4 is 11.5 Å². The molecule has 0 aliphatic heterocycles. The first-order chi connectivity index (χ1) is 6.65. The lowest BCUT2D eigenvalue weighted by atomic mass is 10.0. The summed E-state index contributed by atoms with van der Waals surface area (Å²) in [5.74, 6) is -0.974. The highest BCUT2D eigenvalue weighted by Crippen LogP contribution is 2.14. The molecule has 0 aliphatic carbocycles. The van der Waals surface area contributed by atoms with Crippen LogP contribution in [0.4, 0.5) is 5.69 Å². The zero-order valence-electron chi connectivity index (χ0n) is 7.60. The number of carboxylic acid groups (broad SMARTS) is 1. The van der Waals surface area contributed by atoms with Gasteiger partial charge in [-0.05, 0) is 30.3 Å². The van der Waals surface area contributed by atoms with Crippen molar-refractivity contribution in [3.8, 4) is 0 Å². The minimum absolute atomic E-state index is 0.225. The molecule has 0 fully saturated rings. The monoisotopic (exact) mass is 192 g/mol. The third-order valence-corrected chi connectivity index (χ3v) is 1.84. The summed E-state index contributed by atoms with van der Waals surface area (Å²) in [6.07, 6.45) is 3.58. The van der Waals surface area contributed by atoms with E-state index in [9.17, 15) is 4.79 Å².